The first-order valence-corrected chi connectivity index (χ1v) is 8.01. The molecule has 1 amide bonds. The average molecular weight is 353 g/mol. The summed E-state index contributed by atoms with van der Waals surface area (Å²) in [4.78, 5) is 12.0. The van der Waals surface area contributed by atoms with Crippen molar-refractivity contribution in [2.24, 2.45) is 0 Å². The highest BCUT2D eigenvalue weighted by Crippen LogP contribution is 2.19. The quantitative estimate of drug-likeness (QED) is 0.706. The lowest BCUT2D eigenvalue weighted by atomic mass is 10.2. The monoisotopic (exact) mass is 353 g/mol. The van der Waals surface area contributed by atoms with Crippen LogP contribution in [0.3, 0.4) is 0 Å². The summed E-state index contributed by atoms with van der Waals surface area (Å²) in [5.41, 5.74) is 3.64. The van der Waals surface area contributed by atoms with Crippen LogP contribution < -0.4 is 5.32 Å². The van der Waals surface area contributed by atoms with E-state index in [4.69, 9.17) is 0 Å². The second-order valence-electron chi connectivity index (χ2n) is 5.80. The highest BCUT2D eigenvalue weighted by Gasteiger charge is 2.11. The summed E-state index contributed by atoms with van der Waals surface area (Å²) in [5.74, 6) is -1.00. The maximum atomic E-state index is 13.1. The van der Waals surface area contributed by atoms with Gasteiger partial charge in [0.15, 0.2) is 0 Å². The van der Waals surface area contributed by atoms with Crippen molar-refractivity contribution in [2.45, 2.75) is 13.8 Å². The van der Waals surface area contributed by atoms with Gasteiger partial charge in [0.2, 0.25) is 5.91 Å². The lowest BCUT2D eigenvalue weighted by Crippen LogP contribution is -2.07. The van der Waals surface area contributed by atoms with E-state index < -0.39 is 0 Å². The molecule has 3 rings (SSSR count). The van der Waals surface area contributed by atoms with Gasteiger partial charge in [-0.05, 0) is 68.5 Å². The minimum absolute atomic E-state index is 0.312. The van der Waals surface area contributed by atoms with Crippen LogP contribution in [0.15, 0.2) is 54.6 Å². The highest BCUT2D eigenvalue weighted by atomic mass is 19.1. The highest BCUT2D eigenvalue weighted by molar-refractivity contribution is 6.02. The fourth-order valence-electron chi connectivity index (χ4n) is 2.61. The number of hydrogen-bond donors (Lipinski definition) is 1. The van der Waals surface area contributed by atoms with Crippen molar-refractivity contribution < 1.29 is 13.6 Å². The van der Waals surface area contributed by atoms with Crippen LogP contribution in [0.4, 0.5) is 14.5 Å². The van der Waals surface area contributed by atoms with Crippen LogP contribution in [0.1, 0.15) is 17.0 Å². The zero-order chi connectivity index (χ0) is 18.7. The van der Waals surface area contributed by atoms with E-state index in [1.54, 1.807) is 22.9 Å². The van der Waals surface area contributed by atoms with Crippen molar-refractivity contribution in [1.29, 1.82) is 0 Å². The van der Waals surface area contributed by atoms with Gasteiger partial charge in [-0.15, -0.1) is 0 Å². The molecule has 26 heavy (non-hydrogen) atoms. The molecule has 3 aromatic rings. The Balaban J connectivity index is 1.79. The largest absolute Gasteiger partial charge is 0.323 e. The molecule has 1 N–H and O–H groups in total. The smallest absolute Gasteiger partial charge is 0.248 e. The van der Waals surface area contributed by atoms with Crippen LogP contribution in [0.25, 0.3) is 11.8 Å². The van der Waals surface area contributed by atoms with Gasteiger partial charge >= 0.3 is 0 Å². The molecular weight excluding hydrogens is 336 g/mol. The van der Waals surface area contributed by atoms with Crippen LogP contribution in [0.5, 0.6) is 0 Å². The molecule has 0 saturated carbocycles. The molecule has 4 nitrogen and oxygen atoms in total. The average Bonchev–Trinajstić information content (AvgIpc) is 2.90. The molecular formula is C20H17F2N3O. The Morgan fingerprint density at radius 2 is 1.58 bits per heavy atom. The number of carbonyl (C=O) groups is 1. The number of nitrogens with one attached hydrogen (secondary N) is 1. The van der Waals surface area contributed by atoms with Crippen molar-refractivity contribution in [1.82, 2.24) is 9.78 Å². The van der Waals surface area contributed by atoms with Gasteiger partial charge in [0.25, 0.3) is 0 Å². The lowest BCUT2D eigenvalue weighted by Gasteiger charge is -2.04. The lowest BCUT2D eigenvalue weighted by molar-refractivity contribution is -0.111. The van der Waals surface area contributed by atoms with Crippen molar-refractivity contribution in [3.8, 4) is 5.69 Å². The summed E-state index contributed by atoms with van der Waals surface area (Å²) in [5, 5.41) is 7.11. The Morgan fingerprint density at radius 3 is 2.19 bits per heavy atom. The van der Waals surface area contributed by atoms with Gasteiger partial charge in [-0.25, -0.2) is 13.5 Å². The van der Waals surface area contributed by atoms with Crippen molar-refractivity contribution in [2.75, 3.05) is 5.32 Å². The summed E-state index contributed by atoms with van der Waals surface area (Å²) in [6, 6.07) is 11.6. The van der Waals surface area contributed by atoms with Crippen molar-refractivity contribution in [3.05, 3.63) is 83.2 Å². The maximum absolute atomic E-state index is 13.1. The Kier molecular flexibility index (Phi) is 4.93. The van der Waals surface area contributed by atoms with E-state index in [1.807, 2.05) is 13.8 Å². The molecule has 6 heteroatoms. The number of carbonyl (C=O) groups excluding carboxylic acids is 1. The van der Waals surface area contributed by atoms with E-state index in [1.165, 1.54) is 42.5 Å². The number of benzene rings is 2. The molecule has 0 unspecified atom stereocenters. The van der Waals surface area contributed by atoms with Gasteiger partial charge in [-0.2, -0.15) is 5.10 Å². The van der Waals surface area contributed by atoms with Gasteiger partial charge in [-0.3, -0.25) is 4.79 Å². The number of hydrogen-bond acceptors (Lipinski definition) is 2. The third kappa shape index (κ3) is 3.85. The second-order valence-corrected chi connectivity index (χ2v) is 5.80. The van der Waals surface area contributed by atoms with Crippen molar-refractivity contribution >= 4 is 17.7 Å². The number of rotatable bonds is 4. The van der Waals surface area contributed by atoms with Gasteiger partial charge < -0.3 is 5.32 Å². The SMILES string of the molecule is Cc1nn(-c2ccc(F)cc2)c(C)c1C=CC(=O)Nc1ccc(F)cc1. The zero-order valence-electron chi connectivity index (χ0n) is 14.3. The van der Waals surface area contributed by atoms with Crippen LogP contribution in [0.2, 0.25) is 0 Å². The summed E-state index contributed by atoms with van der Waals surface area (Å²) < 4.78 is 27.7. The molecule has 0 aliphatic heterocycles. The number of amides is 1. The molecule has 0 aliphatic rings. The Bertz CT molecular complexity index is 958. The number of nitrogens with zero attached hydrogens (tertiary/aromatic N) is 2. The fraction of sp³-hybridized carbons (Fsp3) is 0.100. The van der Waals surface area contributed by atoms with Gasteiger partial charge in [0, 0.05) is 23.0 Å². The summed E-state index contributed by atoms with van der Waals surface area (Å²) in [6.45, 7) is 3.71. The molecule has 1 aromatic heterocycles. The van der Waals surface area contributed by atoms with E-state index in [0.717, 1.165) is 22.6 Å². The molecule has 0 bridgehead atoms. The first kappa shape index (κ1) is 17.5. The predicted molar refractivity (Wildman–Crippen MR) is 97.1 cm³/mol. The van der Waals surface area contributed by atoms with E-state index >= 15 is 0 Å². The minimum Gasteiger partial charge on any atom is -0.323 e. The standard InChI is InChI=1S/C20H17F2N3O/c1-13-19(11-12-20(26)23-17-7-3-15(21)4-8-17)14(2)25(24-13)18-9-5-16(22)6-10-18/h3-12H,1-2H3,(H,23,26). The van der Waals surface area contributed by atoms with Crippen LogP contribution in [-0.4, -0.2) is 15.7 Å². The topological polar surface area (TPSA) is 46.9 Å². The maximum Gasteiger partial charge on any atom is 0.248 e. The molecule has 2 aromatic carbocycles. The summed E-state index contributed by atoms with van der Waals surface area (Å²) in [7, 11) is 0. The molecule has 132 valence electrons. The van der Waals surface area contributed by atoms with Crippen molar-refractivity contribution in [3.63, 3.8) is 0 Å². The second kappa shape index (κ2) is 7.31. The van der Waals surface area contributed by atoms with Gasteiger partial charge in [-0.1, -0.05) is 0 Å². The number of aromatic nitrogens is 2. The van der Waals surface area contributed by atoms with E-state index in [2.05, 4.69) is 10.4 Å². The first-order chi connectivity index (χ1) is 12.4. The first-order valence-electron chi connectivity index (χ1n) is 8.01. The van der Waals surface area contributed by atoms with Crippen LogP contribution in [0, 0.1) is 25.5 Å². The summed E-state index contributed by atoms with van der Waals surface area (Å²) in [6.07, 6.45) is 3.08. The molecule has 0 radical (unpaired) electrons. The molecule has 0 saturated heterocycles. The van der Waals surface area contributed by atoms with E-state index in [9.17, 15) is 13.6 Å². The van der Waals surface area contributed by atoms with Crippen LogP contribution in [-0.2, 0) is 4.79 Å². The number of halogens is 2. The third-order valence-corrected chi connectivity index (χ3v) is 3.93. The number of aryl methyl sites for hydroxylation is 1. The number of anilines is 1. The predicted octanol–water partition coefficient (Wildman–Crippen LogP) is 4.42. The molecule has 0 atom stereocenters. The normalized spacial score (nSPS) is 11.1. The zero-order valence-corrected chi connectivity index (χ0v) is 14.3. The van der Waals surface area contributed by atoms with E-state index in [-0.39, 0.29) is 17.5 Å². The summed E-state index contributed by atoms with van der Waals surface area (Å²) >= 11 is 0. The van der Waals surface area contributed by atoms with Gasteiger partial charge in [0.1, 0.15) is 11.6 Å². The molecule has 0 spiro atoms. The van der Waals surface area contributed by atoms with Gasteiger partial charge in [0.05, 0.1) is 11.4 Å². The third-order valence-electron chi connectivity index (χ3n) is 3.93. The fourth-order valence-corrected chi connectivity index (χ4v) is 2.61. The molecule has 1 heterocycles. The van der Waals surface area contributed by atoms with Crippen LogP contribution >= 0.6 is 0 Å². The minimum atomic E-state index is -0.363. The molecule has 0 aliphatic carbocycles. The Morgan fingerprint density at radius 1 is 1.00 bits per heavy atom. The van der Waals surface area contributed by atoms with E-state index in [0.29, 0.717) is 5.69 Å². The Labute approximate surface area is 149 Å². The Hall–Kier alpha value is -3.28. The molecule has 0 fully saturated rings.